The normalized spacial score (nSPS) is 11.1. The lowest BCUT2D eigenvalue weighted by Gasteiger charge is -2.21. The molecule has 0 bridgehead atoms. The molecule has 0 rings (SSSR count). The van der Waals surface area contributed by atoms with Crippen LogP contribution in [0.2, 0.25) is 0 Å². The van der Waals surface area contributed by atoms with Crippen molar-refractivity contribution in [2.45, 2.75) is 156 Å². The highest BCUT2D eigenvalue weighted by atomic mass is 16.2. The molecule has 0 unspecified atom stereocenters. The molecule has 0 atom stereocenters. The summed E-state index contributed by atoms with van der Waals surface area (Å²) in [6.07, 6.45) is 28.0. The Morgan fingerprint density at radius 2 is 0.759 bits per heavy atom. The number of carbonyl (C=O) groups excluding carboxylic acids is 1. The molecular weight excluding hydrogens is 354 g/mol. The zero-order valence-corrected chi connectivity index (χ0v) is 20.6. The van der Waals surface area contributed by atoms with Crippen molar-refractivity contribution in [1.29, 1.82) is 0 Å². The average Bonchev–Trinajstić information content (AvgIpc) is 2.72. The summed E-state index contributed by atoms with van der Waals surface area (Å²) in [6.45, 7) is 8.48. The molecule has 0 spiro atoms. The van der Waals surface area contributed by atoms with E-state index in [1.54, 1.807) is 0 Å². The van der Waals surface area contributed by atoms with Crippen LogP contribution < -0.4 is 0 Å². The Bertz CT molecular complexity index is 322. The van der Waals surface area contributed by atoms with Gasteiger partial charge < -0.3 is 4.90 Å². The third-order valence-corrected chi connectivity index (χ3v) is 6.08. The van der Waals surface area contributed by atoms with Crippen LogP contribution in [0.1, 0.15) is 156 Å². The minimum absolute atomic E-state index is 0.380. The third-order valence-electron chi connectivity index (χ3n) is 6.08. The van der Waals surface area contributed by atoms with Crippen LogP contribution in [0.25, 0.3) is 0 Å². The molecule has 0 saturated heterocycles. The number of hydrogen-bond donors (Lipinski definition) is 0. The van der Waals surface area contributed by atoms with Gasteiger partial charge in [-0.2, -0.15) is 0 Å². The van der Waals surface area contributed by atoms with Gasteiger partial charge in [0.2, 0.25) is 5.91 Å². The molecule has 0 N–H and O–H groups in total. The van der Waals surface area contributed by atoms with Crippen molar-refractivity contribution in [3.05, 3.63) is 0 Å². The van der Waals surface area contributed by atoms with Gasteiger partial charge in [0.05, 0.1) is 0 Å². The number of amides is 1. The van der Waals surface area contributed by atoms with Gasteiger partial charge in [-0.25, -0.2) is 0 Å². The molecule has 0 radical (unpaired) electrons. The molecule has 0 heterocycles. The Morgan fingerprint density at radius 1 is 0.448 bits per heavy atom. The number of rotatable bonds is 23. The molecule has 0 aliphatic heterocycles. The van der Waals surface area contributed by atoms with Crippen molar-refractivity contribution in [2.24, 2.45) is 0 Å². The Labute approximate surface area is 184 Å². The zero-order valence-electron chi connectivity index (χ0n) is 20.6. The lowest BCUT2D eigenvalue weighted by Crippen LogP contribution is -2.32. The van der Waals surface area contributed by atoms with Crippen molar-refractivity contribution in [1.82, 2.24) is 4.90 Å². The fraction of sp³-hybridized carbons (Fsp3) is 0.963. The van der Waals surface area contributed by atoms with Gasteiger partial charge >= 0.3 is 0 Å². The summed E-state index contributed by atoms with van der Waals surface area (Å²) in [6, 6.07) is 0. The summed E-state index contributed by atoms with van der Waals surface area (Å²) in [5, 5.41) is 0. The molecule has 2 heteroatoms. The minimum Gasteiger partial charge on any atom is -0.343 e. The van der Waals surface area contributed by atoms with Crippen molar-refractivity contribution >= 4 is 5.91 Å². The van der Waals surface area contributed by atoms with E-state index in [0.29, 0.717) is 5.91 Å². The quantitative estimate of drug-likeness (QED) is 0.154. The van der Waals surface area contributed by atoms with E-state index in [0.717, 1.165) is 38.8 Å². The second-order valence-corrected chi connectivity index (χ2v) is 9.14. The van der Waals surface area contributed by atoms with Crippen LogP contribution >= 0.6 is 0 Å². The molecule has 0 aliphatic carbocycles. The van der Waals surface area contributed by atoms with E-state index in [1.807, 2.05) is 0 Å². The van der Waals surface area contributed by atoms with Crippen LogP contribution in [-0.4, -0.2) is 23.9 Å². The van der Waals surface area contributed by atoms with Crippen LogP contribution in [0.4, 0.5) is 0 Å². The van der Waals surface area contributed by atoms with Crippen molar-refractivity contribution in [3.8, 4) is 0 Å². The first-order chi connectivity index (χ1) is 14.3. The van der Waals surface area contributed by atoms with Crippen LogP contribution in [0.5, 0.6) is 0 Å². The fourth-order valence-electron chi connectivity index (χ4n) is 4.24. The summed E-state index contributed by atoms with van der Waals surface area (Å²) in [5.74, 6) is 0.380. The summed E-state index contributed by atoms with van der Waals surface area (Å²) in [4.78, 5) is 14.3. The SMILES string of the molecule is CCCCCCCCCCCCCCCCCCCCC(=O)N(CCC)CCC. The van der Waals surface area contributed by atoms with Crippen LogP contribution in [0.15, 0.2) is 0 Å². The Morgan fingerprint density at radius 3 is 1.07 bits per heavy atom. The van der Waals surface area contributed by atoms with Gasteiger partial charge in [0, 0.05) is 19.5 Å². The van der Waals surface area contributed by atoms with Gasteiger partial charge in [-0.05, 0) is 19.3 Å². The highest BCUT2D eigenvalue weighted by Gasteiger charge is 2.10. The van der Waals surface area contributed by atoms with Crippen molar-refractivity contribution < 1.29 is 4.79 Å². The van der Waals surface area contributed by atoms with E-state index in [2.05, 4.69) is 25.7 Å². The fourth-order valence-corrected chi connectivity index (χ4v) is 4.24. The van der Waals surface area contributed by atoms with Crippen molar-refractivity contribution in [3.63, 3.8) is 0 Å². The van der Waals surface area contributed by atoms with E-state index >= 15 is 0 Å². The molecule has 29 heavy (non-hydrogen) atoms. The van der Waals surface area contributed by atoms with Crippen LogP contribution in [-0.2, 0) is 4.79 Å². The van der Waals surface area contributed by atoms with Gasteiger partial charge in [0.15, 0.2) is 0 Å². The average molecular weight is 410 g/mol. The smallest absolute Gasteiger partial charge is 0.222 e. The van der Waals surface area contributed by atoms with E-state index in [-0.39, 0.29) is 0 Å². The molecule has 0 saturated carbocycles. The van der Waals surface area contributed by atoms with E-state index in [4.69, 9.17) is 0 Å². The molecular formula is C27H55NO. The van der Waals surface area contributed by atoms with E-state index in [1.165, 1.54) is 109 Å². The maximum atomic E-state index is 12.2. The van der Waals surface area contributed by atoms with Gasteiger partial charge in [-0.1, -0.05) is 130 Å². The molecule has 0 aliphatic rings. The van der Waals surface area contributed by atoms with Crippen molar-refractivity contribution in [2.75, 3.05) is 13.1 Å². The van der Waals surface area contributed by atoms with Gasteiger partial charge in [0.25, 0.3) is 0 Å². The summed E-state index contributed by atoms with van der Waals surface area (Å²) < 4.78 is 0. The first-order valence-corrected chi connectivity index (χ1v) is 13.5. The molecule has 1 amide bonds. The lowest BCUT2D eigenvalue weighted by molar-refractivity contribution is -0.131. The largest absolute Gasteiger partial charge is 0.343 e. The molecule has 0 aromatic rings. The Balaban J connectivity index is 3.24. The number of carbonyl (C=O) groups is 1. The second-order valence-electron chi connectivity index (χ2n) is 9.14. The minimum atomic E-state index is 0.380. The maximum Gasteiger partial charge on any atom is 0.222 e. The van der Waals surface area contributed by atoms with E-state index < -0.39 is 0 Å². The molecule has 0 fully saturated rings. The number of unbranched alkanes of at least 4 members (excludes halogenated alkanes) is 17. The molecule has 2 nitrogen and oxygen atoms in total. The zero-order chi connectivity index (χ0) is 21.4. The van der Waals surface area contributed by atoms with E-state index in [9.17, 15) is 4.79 Å². The monoisotopic (exact) mass is 409 g/mol. The maximum absolute atomic E-state index is 12.2. The second kappa shape index (κ2) is 23.7. The third kappa shape index (κ3) is 20.5. The summed E-state index contributed by atoms with van der Waals surface area (Å²) >= 11 is 0. The van der Waals surface area contributed by atoms with Crippen LogP contribution in [0.3, 0.4) is 0 Å². The standard InChI is InChI=1S/C27H55NO/c1-4-7-8-9-10-11-12-13-14-15-16-17-18-19-20-21-22-23-24-27(29)28(25-5-2)26-6-3/h4-26H2,1-3H3. The predicted molar refractivity (Wildman–Crippen MR) is 131 cm³/mol. The molecule has 0 aromatic carbocycles. The van der Waals surface area contributed by atoms with Crippen LogP contribution in [0, 0.1) is 0 Å². The van der Waals surface area contributed by atoms with Gasteiger partial charge in [-0.15, -0.1) is 0 Å². The molecule has 0 aromatic heterocycles. The predicted octanol–water partition coefficient (Wildman–Crippen LogP) is 9.07. The number of nitrogens with zero attached hydrogens (tertiary/aromatic N) is 1. The topological polar surface area (TPSA) is 20.3 Å². The Kier molecular flexibility index (Phi) is 23.3. The highest BCUT2D eigenvalue weighted by molar-refractivity contribution is 5.76. The molecule has 174 valence electrons. The lowest BCUT2D eigenvalue weighted by atomic mass is 10.0. The highest BCUT2D eigenvalue weighted by Crippen LogP contribution is 2.14. The summed E-state index contributed by atoms with van der Waals surface area (Å²) in [5.41, 5.74) is 0. The Hall–Kier alpha value is -0.530. The van der Waals surface area contributed by atoms with Gasteiger partial charge in [0.1, 0.15) is 0 Å². The summed E-state index contributed by atoms with van der Waals surface area (Å²) in [7, 11) is 0. The van der Waals surface area contributed by atoms with Gasteiger partial charge in [-0.3, -0.25) is 4.79 Å². The number of hydrogen-bond acceptors (Lipinski definition) is 1. The first-order valence-electron chi connectivity index (χ1n) is 13.5. The first kappa shape index (κ1) is 28.5.